The van der Waals surface area contributed by atoms with Gasteiger partial charge >= 0.3 is 0 Å². The molecule has 0 amide bonds. The van der Waals surface area contributed by atoms with Gasteiger partial charge in [0, 0.05) is 12.6 Å². The summed E-state index contributed by atoms with van der Waals surface area (Å²) >= 11 is 0. The van der Waals surface area contributed by atoms with E-state index in [-0.39, 0.29) is 0 Å². The van der Waals surface area contributed by atoms with Gasteiger partial charge in [-0.3, -0.25) is 4.99 Å². The highest BCUT2D eigenvalue weighted by Gasteiger charge is 2.36. The predicted octanol–water partition coefficient (Wildman–Crippen LogP) is 2.02. The first-order valence-corrected chi connectivity index (χ1v) is 6.24. The average Bonchev–Trinajstić information content (AvgIpc) is 2.96. The van der Waals surface area contributed by atoms with Crippen LogP contribution in [0, 0.1) is 5.41 Å². The SMILES string of the molecule is CC1(CN=C(N)NC2CCCCC2)CC1. The molecule has 86 valence electrons. The lowest BCUT2D eigenvalue weighted by Crippen LogP contribution is -2.41. The molecule has 0 bridgehead atoms. The number of nitrogens with two attached hydrogens (primary N) is 1. The van der Waals surface area contributed by atoms with Crippen LogP contribution in [0.4, 0.5) is 0 Å². The number of nitrogens with one attached hydrogen (secondary N) is 1. The van der Waals surface area contributed by atoms with E-state index in [4.69, 9.17) is 5.73 Å². The second-order valence-corrected chi connectivity index (χ2v) is 5.49. The zero-order chi connectivity index (χ0) is 10.7. The molecule has 2 fully saturated rings. The first-order chi connectivity index (χ1) is 7.18. The number of aliphatic imine (C=N–C) groups is 1. The third-order valence-electron chi connectivity index (χ3n) is 3.69. The smallest absolute Gasteiger partial charge is 0.188 e. The number of rotatable bonds is 3. The Balaban J connectivity index is 1.72. The van der Waals surface area contributed by atoms with Gasteiger partial charge in [-0.25, -0.2) is 0 Å². The Morgan fingerprint density at radius 1 is 1.33 bits per heavy atom. The molecule has 2 saturated carbocycles. The molecule has 0 spiro atoms. The molecule has 2 aliphatic carbocycles. The van der Waals surface area contributed by atoms with Crippen molar-refractivity contribution < 1.29 is 0 Å². The maximum atomic E-state index is 5.88. The molecule has 0 radical (unpaired) electrons. The summed E-state index contributed by atoms with van der Waals surface area (Å²) < 4.78 is 0. The molecule has 3 nitrogen and oxygen atoms in total. The van der Waals surface area contributed by atoms with E-state index < -0.39 is 0 Å². The van der Waals surface area contributed by atoms with Crippen molar-refractivity contribution in [2.75, 3.05) is 6.54 Å². The Kier molecular flexibility index (Phi) is 3.17. The van der Waals surface area contributed by atoms with E-state index in [1.807, 2.05) is 0 Å². The zero-order valence-electron chi connectivity index (χ0n) is 9.76. The van der Waals surface area contributed by atoms with Crippen molar-refractivity contribution in [2.45, 2.75) is 57.9 Å². The molecule has 3 N–H and O–H groups in total. The lowest BCUT2D eigenvalue weighted by molar-refractivity contribution is 0.412. The van der Waals surface area contributed by atoms with Crippen LogP contribution in [-0.2, 0) is 0 Å². The van der Waals surface area contributed by atoms with E-state index >= 15 is 0 Å². The van der Waals surface area contributed by atoms with E-state index in [0.29, 0.717) is 17.4 Å². The van der Waals surface area contributed by atoms with Crippen LogP contribution >= 0.6 is 0 Å². The second kappa shape index (κ2) is 4.42. The van der Waals surface area contributed by atoms with Crippen molar-refractivity contribution in [2.24, 2.45) is 16.1 Å². The predicted molar refractivity (Wildman–Crippen MR) is 63.8 cm³/mol. The largest absolute Gasteiger partial charge is 0.370 e. The van der Waals surface area contributed by atoms with Gasteiger partial charge in [-0.05, 0) is 31.1 Å². The number of guanidine groups is 1. The van der Waals surface area contributed by atoms with Crippen LogP contribution in [-0.4, -0.2) is 18.5 Å². The summed E-state index contributed by atoms with van der Waals surface area (Å²) in [6.45, 7) is 3.18. The standard InChI is InChI=1S/C12H23N3/c1-12(7-8-12)9-14-11(13)15-10-5-3-2-4-6-10/h10H,2-9H2,1H3,(H3,13,14,15). The van der Waals surface area contributed by atoms with Crippen LogP contribution < -0.4 is 11.1 Å². The molecular weight excluding hydrogens is 186 g/mol. The highest BCUT2D eigenvalue weighted by Crippen LogP contribution is 2.44. The molecule has 15 heavy (non-hydrogen) atoms. The van der Waals surface area contributed by atoms with Gasteiger partial charge in [-0.15, -0.1) is 0 Å². The van der Waals surface area contributed by atoms with Crippen molar-refractivity contribution in [3.8, 4) is 0 Å². The van der Waals surface area contributed by atoms with E-state index in [1.165, 1.54) is 44.9 Å². The molecule has 2 rings (SSSR count). The van der Waals surface area contributed by atoms with Crippen LogP contribution in [0.15, 0.2) is 4.99 Å². The van der Waals surface area contributed by atoms with Gasteiger partial charge in [-0.1, -0.05) is 26.2 Å². The van der Waals surface area contributed by atoms with E-state index in [0.717, 1.165) is 6.54 Å². The van der Waals surface area contributed by atoms with E-state index in [1.54, 1.807) is 0 Å². The van der Waals surface area contributed by atoms with Crippen molar-refractivity contribution in [1.82, 2.24) is 5.32 Å². The van der Waals surface area contributed by atoms with Crippen molar-refractivity contribution in [3.05, 3.63) is 0 Å². The third-order valence-corrected chi connectivity index (χ3v) is 3.69. The summed E-state index contributed by atoms with van der Waals surface area (Å²) in [5.41, 5.74) is 6.35. The lowest BCUT2D eigenvalue weighted by Gasteiger charge is -2.23. The summed E-state index contributed by atoms with van der Waals surface area (Å²) in [4.78, 5) is 4.44. The highest BCUT2D eigenvalue weighted by molar-refractivity contribution is 5.78. The minimum absolute atomic E-state index is 0.471. The Morgan fingerprint density at radius 2 is 2.00 bits per heavy atom. The fourth-order valence-electron chi connectivity index (χ4n) is 2.15. The molecule has 0 atom stereocenters. The molecular formula is C12H23N3. The number of nitrogens with zero attached hydrogens (tertiary/aromatic N) is 1. The maximum absolute atomic E-state index is 5.88. The van der Waals surface area contributed by atoms with Crippen LogP contribution in [0.2, 0.25) is 0 Å². The Labute approximate surface area is 92.5 Å². The Bertz CT molecular complexity index is 237. The third kappa shape index (κ3) is 3.40. The lowest BCUT2D eigenvalue weighted by atomic mass is 9.96. The van der Waals surface area contributed by atoms with Gasteiger partial charge in [0.15, 0.2) is 5.96 Å². The quantitative estimate of drug-likeness (QED) is 0.552. The molecule has 3 heteroatoms. The molecule has 0 aromatic heterocycles. The first-order valence-electron chi connectivity index (χ1n) is 6.24. The van der Waals surface area contributed by atoms with Crippen molar-refractivity contribution in [3.63, 3.8) is 0 Å². The number of hydrogen-bond acceptors (Lipinski definition) is 1. The van der Waals surface area contributed by atoms with Crippen LogP contribution in [0.5, 0.6) is 0 Å². The number of hydrogen-bond donors (Lipinski definition) is 2. The first kappa shape index (κ1) is 10.8. The molecule has 2 aliphatic rings. The molecule has 0 saturated heterocycles. The maximum Gasteiger partial charge on any atom is 0.188 e. The second-order valence-electron chi connectivity index (χ2n) is 5.49. The van der Waals surface area contributed by atoms with Crippen LogP contribution in [0.3, 0.4) is 0 Å². The molecule has 0 aromatic rings. The minimum Gasteiger partial charge on any atom is -0.370 e. The van der Waals surface area contributed by atoms with E-state index in [9.17, 15) is 0 Å². The van der Waals surface area contributed by atoms with Gasteiger partial charge in [0.25, 0.3) is 0 Å². The average molecular weight is 209 g/mol. The van der Waals surface area contributed by atoms with Crippen LogP contribution in [0.25, 0.3) is 0 Å². The summed E-state index contributed by atoms with van der Waals surface area (Å²) in [5, 5.41) is 3.35. The minimum atomic E-state index is 0.471. The normalized spacial score (nSPS) is 26.3. The van der Waals surface area contributed by atoms with Crippen LogP contribution in [0.1, 0.15) is 51.9 Å². The highest BCUT2D eigenvalue weighted by atomic mass is 15.1. The topological polar surface area (TPSA) is 50.4 Å². The summed E-state index contributed by atoms with van der Waals surface area (Å²) in [6, 6.07) is 0.578. The monoisotopic (exact) mass is 209 g/mol. The van der Waals surface area contributed by atoms with E-state index in [2.05, 4.69) is 17.2 Å². The molecule has 0 heterocycles. The Morgan fingerprint density at radius 3 is 2.60 bits per heavy atom. The summed E-state index contributed by atoms with van der Waals surface area (Å²) in [5.74, 6) is 0.662. The summed E-state index contributed by atoms with van der Waals surface area (Å²) in [7, 11) is 0. The van der Waals surface area contributed by atoms with Gasteiger partial charge in [-0.2, -0.15) is 0 Å². The molecule has 0 aromatic carbocycles. The fraction of sp³-hybridized carbons (Fsp3) is 0.917. The molecule has 0 aliphatic heterocycles. The van der Waals surface area contributed by atoms with Crippen molar-refractivity contribution >= 4 is 5.96 Å². The fourth-order valence-corrected chi connectivity index (χ4v) is 2.15. The van der Waals surface area contributed by atoms with Gasteiger partial charge in [0.1, 0.15) is 0 Å². The van der Waals surface area contributed by atoms with Crippen molar-refractivity contribution in [1.29, 1.82) is 0 Å². The summed E-state index contributed by atoms with van der Waals surface area (Å²) in [6.07, 6.45) is 9.19. The van der Waals surface area contributed by atoms with Gasteiger partial charge in [0.2, 0.25) is 0 Å². The zero-order valence-corrected chi connectivity index (χ0v) is 9.76. The van der Waals surface area contributed by atoms with Gasteiger partial charge in [0.05, 0.1) is 0 Å². The molecule has 0 unspecified atom stereocenters. The van der Waals surface area contributed by atoms with Gasteiger partial charge < -0.3 is 11.1 Å². The Hall–Kier alpha value is -0.730.